The molecule has 0 aliphatic carbocycles. The summed E-state index contributed by atoms with van der Waals surface area (Å²) in [6, 6.07) is 12.8. The SMILES string of the molecule is O=C(NCc1nc2ccccc2n2cccc12)c1cc(F)cc(C(F)(F)F)c1. The maximum Gasteiger partial charge on any atom is 0.416 e. The van der Waals surface area contributed by atoms with Gasteiger partial charge in [0.05, 0.1) is 34.4 Å². The summed E-state index contributed by atoms with van der Waals surface area (Å²) < 4.78 is 54.0. The van der Waals surface area contributed by atoms with Crippen molar-refractivity contribution in [1.82, 2.24) is 14.7 Å². The zero-order valence-corrected chi connectivity index (χ0v) is 14.3. The number of nitrogens with zero attached hydrogens (tertiary/aromatic N) is 2. The van der Waals surface area contributed by atoms with Crippen molar-refractivity contribution in [1.29, 1.82) is 0 Å². The normalized spacial score (nSPS) is 11.9. The van der Waals surface area contributed by atoms with E-state index in [0.717, 1.165) is 17.1 Å². The van der Waals surface area contributed by atoms with E-state index in [4.69, 9.17) is 0 Å². The summed E-state index contributed by atoms with van der Waals surface area (Å²) in [6.45, 7) is -0.0188. The molecule has 1 N–H and O–H groups in total. The van der Waals surface area contributed by atoms with Crippen LogP contribution in [0.5, 0.6) is 0 Å². The Labute approximate surface area is 156 Å². The third-order valence-electron chi connectivity index (χ3n) is 4.34. The number of hydrogen-bond donors (Lipinski definition) is 1. The lowest BCUT2D eigenvalue weighted by atomic mass is 10.1. The van der Waals surface area contributed by atoms with Gasteiger partial charge in [-0.2, -0.15) is 13.2 Å². The Hall–Kier alpha value is -3.42. The second-order valence-electron chi connectivity index (χ2n) is 6.22. The number of para-hydroxylation sites is 2. The molecule has 28 heavy (non-hydrogen) atoms. The van der Waals surface area contributed by atoms with Crippen molar-refractivity contribution in [2.24, 2.45) is 0 Å². The number of aromatic nitrogens is 2. The molecule has 0 aliphatic rings. The molecule has 2 heterocycles. The molecule has 4 nitrogen and oxygen atoms in total. The minimum atomic E-state index is -4.74. The number of benzene rings is 2. The number of nitrogens with one attached hydrogen (secondary N) is 1. The first kappa shape index (κ1) is 18.0. The number of amides is 1. The lowest BCUT2D eigenvalue weighted by Crippen LogP contribution is -2.24. The summed E-state index contributed by atoms with van der Waals surface area (Å²) in [4.78, 5) is 16.8. The standard InChI is InChI=1S/C20H13F4N3O/c21-14-9-12(8-13(10-14)20(22,23)24)19(28)25-11-16-18-6-3-7-27(18)17-5-2-1-4-15(17)26-16/h1-10H,11H2,(H,25,28). The Balaban J connectivity index is 1.64. The molecule has 4 aromatic rings. The summed E-state index contributed by atoms with van der Waals surface area (Å²) in [6.07, 6.45) is -2.89. The predicted molar refractivity (Wildman–Crippen MR) is 95.3 cm³/mol. The van der Waals surface area contributed by atoms with Gasteiger partial charge in [-0.1, -0.05) is 12.1 Å². The minimum absolute atomic E-state index is 0.0188. The Kier molecular flexibility index (Phi) is 4.26. The van der Waals surface area contributed by atoms with Gasteiger partial charge in [0, 0.05) is 11.8 Å². The fraction of sp³-hybridized carbons (Fsp3) is 0.100. The van der Waals surface area contributed by atoms with Crippen LogP contribution in [0, 0.1) is 5.82 Å². The molecule has 2 aromatic heterocycles. The van der Waals surface area contributed by atoms with Gasteiger partial charge in [-0.15, -0.1) is 0 Å². The first-order valence-corrected chi connectivity index (χ1v) is 8.33. The largest absolute Gasteiger partial charge is 0.416 e. The quantitative estimate of drug-likeness (QED) is 0.523. The van der Waals surface area contributed by atoms with Crippen molar-refractivity contribution >= 4 is 22.5 Å². The summed E-state index contributed by atoms with van der Waals surface area (Å²) in [5.74, 6) is -1.94. The van der Waals surface area contributed by atoms with E-state index in [1.165, 1.54) is 0 Å². The highest BCUT2D eigenvalue weighted by atomic mass is 19.4. The van der Waals surface area contributed by atoms with Crippen LogP contribution in [0.1, 0.15) is 21.6 Å². The maximum atomic E-state index is 13.5. The zero-order valence-electron chi connectivity index (χ0n) is 14.3. The van der Waals surface area contributed by atoms with E-state index < -0.39 is 29.0 Å². The number of rotatable bonds is 3. The number of carbonyl (C=O) groups is 1. The van der Waals surface area contributed by atoms with Crippen LogP contribution in [0.4, 0.5) is 17.6 Å². The molecule has 2 aromatic carbocycles. The molecule has 8 heteroatoms. The predicted octanol–water partition coefficient (Wildman–Crippen LogP) is 4.58. The van der Waals surface area contributed by atoms with Gasteiger partial charge < -0.3 is 9.72 Å². The van der Waals surface area contributed by atoms with Crippen molar-refractivity contribution in [3.63, 3.8) is 0 Å². The molecule has 0 saturated carbocycles. The van der Waals surface area contributed by atoms with Crippen LogP contribution in [0.25, 0.3) is 16.6 Å². The molecule has 0 bridgehead atoms. The Morgan fingerprint density at radius 1 is 1.04 bits per heavy atom. The monoisotopic (exact) mass is 387 g/mol. The molecule has 0 unspecified atom stereocenters. The van der Waals surface area contributed by atoms with Gasteiger partial charge in [-0.05, 0) is 42.5 Å². The molecule has 0 atom stereocenters. The van der Waals surface area contributed by atoms with Crippen molar-refractivity contribution < 1.29 is 22.4 Å². The highest BCUT2D eigenvalue weighted by molar-refractivity contribution is 5.94. The third-order valence-corrected chi connectivity index (χ3v) is 4.34. The molecule has 1 amide bonds. The van der Waals surface area contributed by atoms with E-state index in [9.17, 15) is 22.4 Å². The van der Waals surface area contributed by atoms with E-state index in [0.29, 0.717) is 23.3 Å². The Bertz CT molecular complexity index is 1200. The second-order valence-corrected chi connectivity index (χ2v) is 6.22. The molecular formula is C20H13F4N3O. The zero-order chi connectivity index (χ0) is 19.9. The number of alkyl halides is 3. The van der Waals surface area contributed by atoms with Gasteiger partial charge in [-0.25, -0.2) is 9.37 Å². The number of hydrogen-bond acceptors (Lipinski definition) is 2. The van der Waals surface area contributed by atoms with E-state index in [2.05, 4.69) is 10.3 Å². The fourth-order valence-electron chi connectivity index (χ4n) is 3.07. The van der Waals surface area contributed by atoms with Gasteiger partial charge in [0.1, 0.15) is 5.82 Å². The smallest absolute Gasteiger partial charge is 0.346 e. The van der Waals surface area contributed by atoms with Crippen molar-refractivity contribution in [2.45, 2.75) is 12.7 Å². The first-order valence-electron chi connectivity index (χ1n) is 8.33. The van der Waals surface area contributed by atoms with E-state index in [1.807, 2.05) is 47.0 Å². The van der Waals surface area contributed by atoms with Crippen LogP contribution in [-0.2, 0) is 12.7 Å². The van der Waals surface area contributed by atoms with Crippen LogP contribution in [0.3, 0.4) is 0 Å². The summed E-state index contributed by atoms with van der Waals surface area (Å²) >= 11 is 0. The minimum Gasteiger partial charge on any atom is -0.346 e. The lowest BCUT2D eigenvalue weighted by Gasteiger charge is -2.11. The highest BCUT2D eigenvalue weighted by Gasteiger charge is 2.32. The van der Waals surface area contributed by atoms with E-state index >= 15 is 0 Å². The topological polar surface area (TPSA) is 46.4 Å². The molecular weight excluding hydrogens is 374 g/mol. The Morgan fingerprint density at radius 2 is 1.79 bits per heavy atom. The average molecular weight is 387 g/mol. The van der Waals surface area contributed by atoms with Gasteiger partial charge in [0.2, 0.25) is 0 Å². The number of halogens is 4. The molecule has 0 spiro atoms. The lowest BCUT2D eigenvalue weighted by molar-refractivity contribution is -0.137. The highest BCUT2D eigenvalue weighted by Crippen LogP contribution is 2.30. The van der Waals surface area contributed by atoms with Crippen molar-refractivity contribution in [3.05, 3.63) is 83.4 Å². The molecule has 0 saturated heterocycles. The summed E-state index contributed by atoms with van der Waals surface area (Å²) in [5, 5.41) is 2.52. The van der Waals surface area contributed by atoms with Crippen molar-refractivity contribution in [3.8, 4) is 0 Å². The molecule has 4 rings (SSSR count). The van der Waals surface area contributed by atoms with Crippen molar-refractivity contribution in [2.75, 3.05) is 0 Å². The van der Waals surface area contributed by atoms with Crippen LogP contribution >= 0.6 is 0 Å². The first-order chi connectivity index (χ1) is 13.3. The fourth-order valence-corrected chi connectivity index (χ4v) is 3.07. The van der Waals surface area contributed by atoms with Gasteiger partial charge in [-0.3, -0.25) is 4.79 Å². The number of fused-ring (bicyclic) bond motifs is 3. The summed E-state index contributed by atoms with van der Waals surface area (Å²) in [5.41, 5.74) is 1.28. The molecule has 0 radical (unpaired) electrons. The number of carbonyl (C=O) groups excluding carboxylic acids is 1. The summed E-state index contributed by atoms with van der Waals surface area (Å²) in [7, 11) is 0. The Morgan fingerprint density at radius 3 is 2.57 bits per heavy atom. The third kappa shape index (κ3) is 3.28. The van der Waals surface area contributed by atoms with Crippen LogP contribution in [-0.4, -0.2) is 15.3 Å². The van der Waals surface area contributed by atoms with Crippen LogP contribution in [0.15, 0.2) is 60.8 Å². The molecule has 0 fully saturated rings. The molecule has 0 aliphatic heterocycles. The van der Waals surface area contributed by atoms with E-state index in [-0.39, 0.29) is 6.54 Å². The van der Waals surface area contributed by atoms with Gasteiger partial charge in [0.25, 0.3) is 5.91 Å². The second kappa shape index (κ2) is 6.63. The van der Waals surface area contributed by atoms with E-state index in [1.54, 1.807) is 0 Å². The maximum absolute atomic E-state index is 13.5. The van der Waals surface area contributed by atoms with Gasteiger partial charge in [0.15, 0.2) is 0 Å². The average Bonchev–Trinajstić information content (AvgIpc) is 3.15. The van der Waals surface area contributed by atoms with Crippen LogP contribution < -0.4 is 5.32 Å². The van der Waals surface area contributed by atoms with Crippen LogP contribution in [0.2, 0.25) is 0 Å². The van der Waals surface area contributed by atoms with Gasteiger partial charge >= 0.3 is 6.18 Å². The molecule has 142 valence electrons.